The zero-order chi connectivity index (χ0) is 24.3. The average Bonchev–Trinajstić information content (AvgIpc) is 3.19. The van der Waals surface area contributed by atoms with E-state index in [2.05, 4.69) is 29.6 Å². The van der Waals surface area contributed by atoms with Crippen molar-refractivity contribution < 1.29 is 14.3 Å². The number of benzene rings is 2. The summed E-state index contributed by atoms with van der Waals surface area (Å²) < 4.78 is 5.23. The fourth-order valence-electron chi connectivity index (χ4n) is 5.36. The van der Waals surface area contributed by atoms with Crippen molar-refractivity contribution in [3.63, 3.8) is 0 Å². The van der Waals surface area contributed by atoms with E-state index in [1.54, 1.807) is 21.0 Å². The Labute approximate surface area is 215 Å². The van der Waals surface area contributed by atoms with Crippen LogP contribution in [0.1, 0.15) is 56.2 Å². The highest BCUT2D eigenvalue weighted by molar-refractivity contribution is 5.91. The van der Waals surface area contributed by atoms with Crippen LogP contribution in [0.4, 0.5) is 0 Å². The van der Waals surface area contributed by atoms with Gasteiger partial charge in [0.05, 0.1) is 12.6 Å². The number of carbonyl (C=O) groups is 2. The van der Waals surface area contributed by atoms with E-state index in [0.717, 1.165) is 37.0 Å². The van der Waals surface area contributed by atoms with Gasteiger partial charge in [0.1, 0.15) is 11.8 Å². The first-order chi connectivity index (χ1) is 16.2. The maximum atomic E-state index is 13.6. The number of piperidine rings is 1. The molecule has 1 unspecified atom stereocenters. The lowest BCUT2D eigenvalue weighted by Gasteiger charge is -2.41. The molecule has 35 heavy (non-hydrogen) atoms. The van der Waals surface area contributed by atoms with E-state index in [4.69, 9.17) is 10.5 Å². The number of likely N-dealkylation sites (tertiary alicyclic amines) is 1. The predicted molar refractivity (Wildman–Crippen MR) is 141 cm³/mol. The Morgan fingerprint density at radius 2 is 1.74 bits per heavy atom. The van der Waals surface area contributed by atoms with Crippen LogP contribution < -0.4 is 15.8 Å². The highest BCUT2D eigenvalue weighted by Gasteiger charge is 2.42. The fraction of sp³-hybridized carbons (Fsp3) is 0.500. The number of amides is 2. The van der Waals surface area contributed by atoms with Gasteiger partial charge < -0.3 is 20.7 Å². The van der Waals surface area contributed by atoms with Gasteiger partial charge in [-0.2, -0.15) is 0 Å². The molecule has 4 rings (SSSR count). The number of nitrogens with one attached hydrogen (secondary N) is 1. The number of nitrogens with two attached hydrogens (primary N) is 1. The summed E-state index contributed by atoms with van der Waals surface area (Å²) in [5.41, 5.74) is 9.19. The standard InChI is InChI=1S/C28H37N3O3.ClH/c1-27(2,29)26(33)30-24(13-10-20-8-11-22(34-3)12-9-20)25(32)31-18-16-28(17-19-31)15-14-21-6-4-5-7-23(21)28;/h4-9,11-12,24H,10,13-19,29H2,1-3H3,(H,30,33);1H. The molecule has 0 saturated carbocycles. The summed E-state index contributed by atoms with van der Waals surface area (Å²) in [6.07, 6.45) is 5.42. The lowest BCUT2D eigenvalue weighted by molar-refractivity contribution is -0.139. The van der Waals surface area contributed by atoms with Gasteiger partial charge in [0.15, 0.2) is 0 Å². The number of hydrogen-bond donors (Lipinski definition) is 2. The molecule has 1 aliphatic carbocycles. The van der Waals surface area contributed by atoms with Crippen molar-refractivity contribution in [2.24, 2.45) is 5.73 Å². The largest absolute Gasteiger partial charge is 0.497 e. The molecule has 0 radical (unpaired) electrons. The summed E-state index contributed by atoms with van der Waals surface area (Å²) in [5.74, 6) is 0.483. The summed E-state index contributed by atoms with van der Waals surface area (Å²) in [6, 6.07) is 16.0. The molecule has 1 saturated heterocycles. The van der Waals surface area contributed by atoms with E-state index in [0.29, 0.717) is 25.9 Å². The van der Waals surface area contributed by atoms with Crippen molar-refractivity contribution in [1.82, 2.24) is 10.2 Å². The molecule has 0 bridgehead atoms. The Morgan fingerprint density at radius 3 is 2.37 bits per heavy atom. The topological polar surface area (TPSA) is 84.7 Å². The van der Waals surface area contributed by atoms with Crippen LogP contribution >= 0.6 is 12.4 Å². The lowest BCUT2D eigenvalue weighted by atomic mass is 9.74. The van der Waals surface area contributed by atoms with E-state index in [9.17, 15) is 9.59 Å². The molecule has 190 valence electrons. The number of methoxy groups -OCH3 is 1. The molecule has 1 spiro atoms. The van der Waals surface area contributed by atoms with Crippen LogP contribution in [0.2, 0.25) is 0 Å². The zero-order valence-corrected chi connectivity index (χ0v) is 21.8. The molecule has 1 heterocycles. The number of fused-ring (bicyclic) bond motifs is 2. The van der Waals surface area contributed by atoms with Gasteiger partial charge in [-0.15, -0.1) is 12.4 Å². The third-order valence-corrected chi connectivity index (χ3v) is 7.56. The molecule has 3 N–H and O–H groups in total. The summed E-state index contributed by atoms with van der Waals surface area (Å²) in [4.78, 5) is 28.2. The minimum Gasteiger partial charge on any atom is -0.497 e. The second-order valence-corrected chi connectivity index (χ2v) is 10.4. The fourth-order valence-corrected chi connectivity index (χ4v) is 5.36. The van der Waals surface area contributed by atoms with Crippen LogP contribution in [0.15, 0.2) is 48.5 Å². The molecular formula is C28H38ClN3O3. The smallest absolute Gasteiger partial charge is 0.245 e. The number of ether oxygens (including phenoxy) is 1. The Bertz CT molecular complexity index is 1020. The SMILES string of the molecule is COc1ccc(CCC(NC(=O)C(C)(C)N)C(=O)N2CCC3(CCc4ccccc43)CC2)cc1.Cl. The Balaban J connectivity index is 0.00000342. The monoisotopic (exact) mass is 499 g/mol. The highest BCUT2D eigenvalue weighted by atomic mass is 35.5. The van der Waals surface area contributed by atoms with Crippen LogP contribution in [0, 0.1) is 0 Å². The van der Waals surface area contributed by atoms with Gasteiger partial charge in [0, 0.05) is 13.1 Å². The summed E-state index contributed by atoms with van der Waals surface area (Å²) in [5, 5.41) is 2.94. The molecule has 7 heteroatoms. The Hall–Kier alpha value is -2.57. The highest BCUT2D eigenvalue weighted by Crippen LogP contribution is 2.46. The number of nitrogens with zero attached hydrogens (tertiary/aromatic N) is 1. The van der Waals surface area contributed by atoms with Gasteiger partial charge >= 0.3 is 0 Å². The van der Waals surface area contributed by atoms with Crippen LogP contribution in [0.25, 0.3) is 0 Å². The van der Waals surface area contributed by atoms with Crippen LogP contribution in [0.5, 0.6) is 5.75 Å². The molecule has 1 aliphatic heterocycles. The summed E-state index contributed by atoms with van der Waals surface area (Å²) in [7, 11) is 1.64. The van der Waals surface area contributed by atoms with Crippen molar-refractivity contribution in [2.75, 3.05) is 20.2 Å². The molecule has 1 atom stereocenters. The Morgan fingerprint density at radius 1 is 1.09 bits per heavy atom. The quantitative estimate of drug-likeness (QED) is 0.607. The maximum Gasteiger partial charge on any atom is 0.245 e. The van der Waals surface area contributed by atoms with Gasteiger partial charge in [0.2, 0.25) is 11.8 Å². The lowest BCUT2D eigenvalue weighted by Crippen LogP contribution is -2.57. The van der Waals surface area contributed by atoms with Crippen molar-refractivity contribution in [1.29, 1.82) is 0 Å². The summed E-state index contributed by atoms with van der Waals surface area (Å²) >= 11 is 0. The first kappa shape index (κ1) is 27.0. The van der Waals surface area contributed by atoms with Gasteiger partial charge in [-0.05, 0) is 86.6 Å². The van der Waals surface area contributed by atoms with Crippen LogP contribution in [0.3, 0.4) is 0 Å². The third-order valence-electron chi connectivity index (χ3n) is 7.56. The second kappa shape index (κ2) is 11.0. The second-order valence-electron chi connectivity index (χ2n) is 10.4. The molecule has 2 aromatic carbocycles. The Kier molecular flexibility index (Phi) is 8.50. The van der Waals surface area contributed by atoms with E-state index in [1.807, 2.05) is 29.2 Å². The number of hydrogen-bond acceptors (Lipinski definition) is 4. The van der Waals surface area contributed by atoms with Crippen molar-refractivity contribution >= 4 is 24.2 Å². The molecule has 2 aromatic rings. The first-order valence-corrected chi connectivity index (χ1v) is 12.3. The van der Waals surface area contributed by atoms with Crippen LogP contribution in [-0.4, -0.2) is 48.5 Å². The van der Waals surface area contributed by atoms with E-state index >= 15 is 0 Å². The molecule has 2 aliphatic rings. The van der Waals surface area contributed by atoms with Crippen molar-refractivity contribution in [3.8, 4) is 5.75 Å². The number of halogens is 1. The minimum absolute atomic E-state index is 0. The zero-order valence-electron chi connectivity index (χ0n) is 21.0. The van der Waals surface area contributed by atoms with Crippen LogP contribution in [-0.2, 0) is 27.8 Å². The van der Waals surface area contributed by atoms with Gasteiger partial charge in [0.25, 0.3) is 0 Å². The van der Waals surface area contributed by atoms with Gasteiger partial charge in [-0.25, -0.2) is 0 Å². The van der Waals surface area contributed by atoms with Crippen molar-refractivity contribution in [2.45, 2.75) is 69.4 Å². The number of aryl methyl sites for hydroxylation is 2. The normalized spacial score (nSPS) is 17.3. The number of rotatable bonds is 7. The minimum atomic E-state index is -1.04. The van der Waals surface area contributed by atoms with E-state index in [1.165, 1.54) is 11.1 Å². The predicted octanol–water partition coefficient (Wildman–Crippen LogP) is 3.78. The van der Waals surface area contributed by atoms with Crippen molar-refractivity contribution in [3.05, 3.63) is 65.2 Å². The summed E-state index contributed by atoms with van der Waals surface area (Å²) in [6.45, 7) is 4.76. The average molecular weight is 500 g/mol. The van der Waals surface area contributed by atoms with E-state index < -0.39 is 11.6 Å². The molecule has 1 fully saturated rings. The molecule has 2 amide bonds. The molecule has 6 nitrogen and oxygen atoms in total. The first-order valence-electron chi connectivity index (χ1n) is 12.3. The van der Waals surface area contributed by atoms with Gasteiger partial charge in [-0.3, -0.25) is 9.59 Å². The third kappa shape index (κ3) is 5.99. The molecule has 0 aromatic heterocycles. The molecular weight excluding hydrogens is 462 g/mol. The maximum absolute atomic E-state index is 13.6. The van der Waals surface area contributed by atoms with Gasteiger partial charge in [-0.1, -0.05) is 36.4 Å². The number of carbonyl (C=O) groups excluding carboxylic acids is 2. The van der Waals surface area contributed by atoms with E-state index in [-0.39, 0.29) is 29.6 Å².